The molecule has 33 heavy (non-hydrogen) atoms. The van der Waals surface area contributed by atoms with Gasteiger partial charge in [-0.2, -0.15) is 16.3 Å². The number of thiazole rings is 1. The molecule has 1 aliphatic rings. The highest BCUT2D eigenvalue weighted by atomic mass is 32.1. The Balaban J connectivity index is 1.55. The lowest BCUT2D eigenvalue weighted by atomic mass is 9.86. The fraction of sp³-hybridized carbons (Fsp3) is 0.400. The van der Waals surface area contributed by atoms with E-state index < -0.39 is 0 Å². The fourth-order valence-electron chi connectivity index (χ4n) is 4.73. The van der Waals surface area contributed by atoms with Crippen molar-refractivity contribution in [2.75, 3.05) is 17.2 Å². The van der Waals surface area contributed by atoms with Crippen molar-refractivity contribution in [3.8, 4) is 10.6 Å². The van der Waals surface area contributed by atoms with Crippen molar-refractivity contribution in [2.45, 2.75) is 45.7 Å². The summed E-state index contributed by atoms with van der Waals surface area (Å²) >= 11 is 3.35. The molecule has 3 atom stereocenters. The first kappa shape index (κ1) is 22.3. The summed E-state index contributed by atoms with van der Waals surface area (Å²) in [6.45, 7) is 7.40. The van der Waals surface area contributed by atoms with Crippen LogP contribution < -0.4 is 10.6 Å². The SMILES string of the molecule is Cc1nc(NCc2ccsc2)nc(NC2(C)CCC(CO)C2C)c1-c1nc2ccccc2s1. The number of hydrogen-bond acceptors (Lipinski definition) is 8. The van der Waals surface area contributed by atoms with Crippen molar-refractivity contribution in [3.63, 3.8) is 0 Å². The lowest BCUT2D eigenvalue weighted by molar-refractivity contribution is 0.187. The summed E-state index contributed by atoms with van der Waals surface area (Å²) < 4.78 is 1.15. The van der Waals surface area contributed by atoms with Gasteiger partial charge in [-0.05, 0) is 73.0 Å². The lowest BCUT2D eigenvalue weighted by Crippen LogP contribution is -2.40. The minimum atomic E-state index is -0.162. The van der Waals surface area contributed by atoms with Crippen LogP contribution in [0.1, 0.15) is 37.9 Å². The first-order valence-electron chi connectivity index (χ1n) is 11.4. The van der Waals surface area contributed by atoms with E-state index in [2.05, 4.69) is 47.4 Å². The molecule has 1 saturated carbocycles. The highest BCUT2D eigenvalue weighted by Crippen LogP contribution is 2.44. The maximum absolute atomic E-state index is 9.83. The number of anilines is 2. The quantitative estimate of drug-likeness (QED) is 0.304. The second-order valence-corrected chi connectivity index (χ2v) is 11.0. The lowest BCUT2D eigenvalue weighted by Gasteiger charge is -2.34. The van der Waals surface area contributed by atoms with Gasteiger partial charge >= 0.3 is 0 Å². The molecule has 1 aromatic carbocycles. The number of para-hydroxylation sites is 1. The van der Waals surface area contributed by atoms with Gasteiger partial charge in [0, 0.05) is 18.7 Å². The molecule has 4 aromatic rings. The molecule has 0 saturated heterocycles. The van der Waals surface area contributed by atoms with Gasteiger partial charge in [0.25, 0.3) is 0 Å². The molecule has 0 aliphatic heterocycles. The summed E-state index contributed by atoms with van der Waals surface area (Å²) in [7, 11) is 0. The smallest absolute Gasteiger partial charge is 0.225 e. The largest absolute Gasteiger partial charge is 0.396 e. The van der Waals surface area contributed by atoms with E-state index in [4.69, 9.17) is 15.0 Å². The van der Waals surface area contributed by atoms with E-state index in [1.807, 2.05) is 25.1 Å². The number of thiophene rings is 1. The van der Waals surface area contributed by atoms with E-state index in [1.165, 1.54) is 5.56 Å². The zero-order valence-corrected chi connectivity index (χ0v) is 20.8. The standard InChI is InChI=1S/C25H29N5OS2/c1-15-18(13-31)8-10-25(15,3)30-22-21(23-28-19-6-4-5-7-20(19)33-23)16(2)27-24(29-22)26-12-17-9-11-32-14-17/h4-7,9,11,14-15,18,31H,8,10,12-13H2,1-3H3,(H2,26,27,29,30). The van der Waals surface area contributed by atoms with Crippen LogP contribution in [-0.2, 0) is 6.54 Å². The van der Waals surface area contributed by atoms with Crippen LogP contribution in [0.4, 0.5) is 11.8 Å². The number of rotatable bonds is 7. The van der Waals surface area contributed by atoms with Crippen LogP contribution in [-0.4, -0.2) is 32.2 Å². The van der Waals surface area contributed by atoms with E-state index in [9.17, 15) is 5.11 Å². The Morgan fingerprint density at radius 3 is 2.76 bits per heavy atom. The van der Waals surface area contributed by atoms with Crippen molar-refractivity contribution in [1.82, 2.24) is 15.0 Å². The van der Waals surface area contributed by atoms with Crippen LogP contribution in [0.5, 0.6) is 0 Å². The molecule has 3 N–H and O–H groups in total. The van der Waals surface area contributed by atoms with Crippen molar-refractivity contribution in [3.05, 3.63) is 52.3 Å². The Bertz CT molecular complexity index is 1220. The van der Waals surface area contributed by atoms with Crippen molar-refractivity contribution < 1.29 is 5.11 Å². The Labute approximate surface area is 202 Å². The van der Waals surface area contributed by atoms with Gasteiger partial charge in [0.15, 0.2) is 0 Å². The third kappa shape index (κ3) is 4.35. The number of nitrogens with zero attached hydrogens (tertiary/aromatic N) is 3. The highest BCUT2D eigenvalue weighted by Gasteiger charge is 2.42. The van der Waals surface area contributed by atoms with Gasteiger partial charge < -0.3 is 15.7 Å². The maximum Gasteiger partial charge on any atom is 0.225 e. The van der Waals surface area contributed by atoms with Gasteiger partial charge in [-0.1, -0.05) is 19.1 Å². The number of benzene rings is 1. The van der Waals surface area contributed by atoms with Gasteiger partial charge in [-0.15, -0.1) is 11.3 Å². The molecule has 1 fully saturated rings. The predicted octanol–water partition coefficient (Wildman–Crippen LogP) is 5.94. The van der Waals surface area contributed by atoms with E-state index >= 15 is 0 Å². The van der Waals surface area contributed by atoms with Crippen LogP contribution in [0.2, 0.25) is 0 Å². The maximum atomic E-state index is 9.83. The van der Waals surface area contributed by atoms with Crippen LogP contribution >= 0.6 is 22.7 Å². The topological polar surface area (TPSA) is 83.0 Å². The fourth-order valence-corrected chi connectivity index (χ4v) is 6.46. The Hall–Kier alpha value is -2.55. The molecule has 0 spiro atoms. The van der Waals surface area contributed by atoms with Crippen LogP contribution in [0.3, 0.4) is 0 Å². The molecular weight excluding hydrogens is 450 g/mol. The highest BCUT2D eigenvalue weighted by molar-refractivity contribution is 7.21. The zero-order valence-electron chi connectivity index (χ0n) is 19.1. The first-order chi connectivity index (χ1) is 16.0. The molecule has 8 heteroatoms. The zero-order chi connectivity index (χ0) is 23.0. The van der Waals surface area contributed by atoms with E-state index in [1.54, 1.807) is 22.7 Å². The molecule has 3 heterocycles. The average Bonchev–Trinajstić information content (AvgIpc) is 3.52. The van der Waals surface area contributed by atoms with Gasteiger partial charge in [0.1, 0.15) is 10.8 Å². The number of aromatic nitrogens is 3. The monoisotopic (exact) mass is 479 g/mol. The first-order valence-corrected chi connectivity index (χ1v) is 13.1. The summed E-state index contributed by atoms with van der Waals surface area (Å²) in [6, 6.07) is 10.3. The summed E-state index contributed by atoms with van der Waals surface area (Å²) in [4.78, 5) is 14.7. The number of aryl methyl sites for hydroxylation is 1. The van der Waals surface area contributed by atoms with E-state index in [-0.39, 0.29) is 12.1 Å². The molecule has 0 bridgehead atoms. The number of aliphatic hydroxyl groups is 1. The molecule has 6 nitrogen and oxygen atoms in total. The molecule has 1 aliphatic carbocycles. The summed E-state index contributed by atoms with van der Waals surface area (Å²) in [5.74, 6) is 2.04. The second kappa shape index (κ2) is 9.00. The summed E-state index contributed by atoms with van der Waals surface area (Å²) in [5.41, 5.74) is 3.89. The van der Waals surface area contributed by atoms with Crippen molar-refractivity contribution >= 4 is 44.7 Å². The van der Waals surface area contributed by atoms with Gasteiger partial charge in [-0.25, -0.2) is 9.97 Å². The normalized spacial score (nSPS) is 22.7. The summed E-state index contributed by atoms with van der Waals surface area (Å²) in [5, 5.41) is 22.1. The molecule has 3 aromatic heterocycles. The number of fused-ring (bicyclic) bond motifs is 1. The summed E-state index contributed by atoms with van der Waals surface area (Å²) in [6.07, 6.45) is 1.99. The van der Waals surface area contributed by atoms with Crippen LogP contribution in [0.25, 0.3) is 20.8 Å². The van der Waals surface area contributed by atoms with Gasteiger partial charge in [0.2, 0.25) is 5.95 Å². The Kier molecular flexibility index (Phi) is 6.07. The average molecular weight is 480 g/mol. The molecule has 5 rings (SSSR count). The van der Waals surface area contributed by atoms with E-state index in [0.717, 1.165) is 45.1 Å². The van der Waals surface area contributed by atoms with E-state index in [0.29, 0.717) is 24.3 Å². The van der Waals surface area contributed by atoms with Crippen LogP contribution in [0.15, 0.2) is 41.1 Å². The van der Waals surface area contributed by atoms with Crippen LogP contribution in [0, 0.1) is 18.8 Å². The predicted molar refractivity (Wildman–Crippen MR) is 138 cm³/mol. The number of nitrogens with one attached hydrogen (secondary N) is 2. The Morgan fingerprint density at radius 2 is 2.03 bits per heavy atom. The molecule has 0 radical (unpaired) electrons. The number of aliphatic hydroxyl groups excluding tert-OH is 1. The molecule has 3 unspecified atom stereocenters. The van der Waals surface area contributed by atoms with Gasteiger partial charge in [-0.3, -0.25) is 0 Å². The molecule has 0 amide bonds. The Morgan fingerprint density at radius 1 is 1.18 bits per heavy atom. The third-order valence-electron chi connectivity index (χ3n) is 7.01. The third-order valence-corrected chi connectivity index (χ3v) is 8.80. The second-order valence-electron chi connectivity index (χ2n) is 9.14. The minimum Gasteiger partial charge on any atom is -0.396 e. The number of hydrogen-bond donors (Lipinski definition) is 3. The van der Waals surface area contributed by atoms with Crippen molar-refractivity contribution in [1.29, 1.82) is 0 Å². The van der Waals surface area contributed by atoms with Crippen molar-refractivity contribution in [2.24, 2.45) is 11.8 Å². The van der Waals surface area contributed by atoms with Gasteiger partial charge in [0.05, 0.1) is 21.5 Å². The minimum absolute atomic E-state index is 0.162. The molecule has 172 valence electrons. The molecular formula is C25H29N5OS2.